The van der Waals surface area contributed by atoms with Crippen molar-refractivity contribution in [1.82, 2.24) is 0 Å². The van der Waals surface area contributed by atoms with Gasteiger partial charge in [-0.25, -0.2) is 0 Å². The SMILES string of the molecule is CC(C)(C)OC(=O)CC=CN.COC(=O)[C@H](C)N. The van der Waals surface area contributed by atoms with Crippen LogP contribution in [-0.4, -0.2) is 30.7 Å². The van der Waals surface area contributed by atoms with Crippen molar-refractivity contribution < 1.29 is 19.1 Å². The van der Waals surface area contributed by atoms with Crippen LogP contribution in [0.15, 0.2) is 12.3 Å². The van der Waals surface area contributed by atoms with Crippen LogP contribution in [0.2, 0.25) is 0 Å². The van der Waals surface area contributed by atoms with Crippen LogP contribution in [0.1, 0.15) is 34.1 Å². The van der Waals surface area contributed by atoms with E-state index in [-0.39, 0.29) is 18.4 Å². The number of esters is 2. The molecule has 106 valence electrons. The van der Waals surface area contributed by atoms with Crippen molar-refractivity contribution in [1.29, 1.82) is 0 Å². The maximum atomic E-state index is 10.9. The first kappa shape index (κ1) is 18.8. The van der Waals surface area contributed by atoms with Gasteiger partial charge in [-0.05, 0) is 33.9 Å². The average Bonchev–Trinajstić information content (AvgIpc) is 2.23. The highest BCUT2D eigenvalue weighted by molar-refractivity contribution is 5.74. The van der Waals surface area contributed by atoms with Crippen LogP contribution in [0.25, 0.3) is 0 Å². The quantitative estimate of drug-likeness (QED) is 0.724. The molecule has 0 aromatic carbocycles. The lowest BCUT2D eigenvalue weighted by atomic mass is 10.2. The van der Waals surface area contributed by atoms with Crippen LogP contribution in [0.4, 0.5) is 0 Å². The van der Waals surface area contributed by atoms with E-state index in [1.54, 1.807) is 13.0 Å². The number of carbonyl (C=O) groups excluding carboxylic acids is 2. The summed E-state index contributed by atoms with van der Waals surface area (Å²) in [6.45, 7) is 7.07. The third kappa shape index (κ3) is 14.4. The third-order valence-electron chi connectivity index (χ3n) is 1.41. The second-order valence-electron chi connectivity index (χ2n) is 4.53. The second kappa shape index (κ2) is 9.47. The highest BCUT2D eigenvalue weighted by atomic mass is 16.6. The molecule has 0 fully saturated rings. The smallest absolute Gasteiger partial charge is 0.322 e. The van der Waals surface area contributed by atoms with Gasteiger partial charge >= 0.3 is 11.9 Å². The predicted molar refractivity (Wildman–Crippen MR) is 69.5 cm³/mol. The van der Waals surface area contributed by atoms with Gasteiger partial charge in [-0.15, -0.1) is 0 Å². The minimum atomic E-state index is -0.495. The Morgan fingerprint density at radius 2 is 1.83 bits per heavy atom. The van der Waals surface area contributed by atoms with Gasteiger partial charge in [0.05, 0.1) is 13.5 Å². The zero-order chi connectivity index (χ0) is 14.8. The van der Waals surface area contributed by atoms with Crippen LogP contribution in [0.3, 0.4) is 0 Å². The third-order valence-corrected chi connectivity index (χ3v) is 1.41. The molecule has 0 spiro atoms. The summed E-state index contributed by atoms with van der Waals surface area (Å²) in [5.74, 6) is -0.626. The van der Waals surface area contributed by atoms with Crippen molar-refractivity contribution in [3.8, 4) is 0 Å². The van der Waals surface area contributed by atoms with Crippen molar-refractivity contribution in [2.24, 2.45) is 11.5 Å². The minimum absolute atomic E-state index is 0.244. The van der Waals surface area contributed by atoms with Gasteiger partial charge in [0.1, 0.15) is 11.6 Å². The van der Waals surface area contributed by atoms with E-state index in [0.717, 1.165) is 0 Å². The van der Waals surface area contributed by atoms with E-state index in [1.807, 2.05) is 20.8 Å². The standard InChI is InChI=1S/C8H15NO2.C4H9NO2/c1-8(2,3)11-7(10)5-4-6-9;1-3(5)4(6)7-2/h4,6H,5,9H2,1-3H3;3H,5H2,1-2H3/t;3-/m.0/s1. The van der Waals surface area contributed by atoms with Gasteiger partial charge < -0.3 is 20.9 Å². The molecule has 0 aliphatic rings. The first-order valence-corrected chi connectivity index (χ1v) is 5.56. The number of ether oxygens (including phenoxy) is 2. The Bertz CT molecular complexity index is 280. The predicted octanol–water partition coefficient (Wildman–Crippen LogP) is 0.697. The molecule has 0 saturated heterocycles. The molecule has 6 nitrogen and oxygen atoms in total. The molecule has 0 rings (SSSR count). The van der Waals surface area contributed by atoms with Crippen molar-refractivity contribution in [3.63, 3.8) is 0 Å². The van der Waals surface area contributed by atoms with Gasteiger partial charge in [-0.1, -0.05) is 6.08 Å². The highest BCUT2D eigenvalue weighted by Gasteiger charge is 2.14. The maximum Gasteiger partial charge on any atom is 0.322 e. The first-order valence-electron chi connectivity index (χ1n) is 5.56. The van der Waals surface area contributed by atoms with Crippen LogP contribution in [0.5, 0.6) is 0 Å². The highest BCUT2D eigenvalue weighted by Crippen LogP contribution is 2.07. The van der Waals surface area contributed by atoms with E-state index in [4.69, 9.17) is 16.2 Å². The lowest BCUT2D eigenvalue weighted by molar-refractivity contribution is -0.153. The molecule has 0 saturated carbocycles. The molecule has 1 atom stereocenters. The van der Waals surface area contributed by atoms with Crippen molar-refractivity contribution in [2.45, 2.75) is 45.8 Å². The van der Waals surface area contributed by atoms with Crippen LogP contribution < -0.4 is 11.5 Å². The molecule has 18 heavy (non-hydrogen) atoms. The van der Waals surface area contributed by atoms with E-state index < -0.39 is 11.6 Å². The topological polar surface area (TPSA) is 105 Å². The second-order valence-corrected chi connectivity index (χ2v) is 4.53. The van der Waals surface area contributed by atoms with E-state index >= 15 is 0 Å². The lowest BCUT2D eigenvalue weighted by Gasteiger charge is -2.18. The molecule has 0 amide bonds. The van der Waals surface area contributed by atoms with Crippen molar-refractivity contribution in [3.05, 3.63) is 12.3 Å². The van der Waals surface area contributed by atoms with E-state index in [2.05, 4.69) is 4.74 Å². The van der Waals surface area contributed by atoms with Crippen LogP contribution in [0, 0.1) is 0 Å². The average molecular weight is 260 g/mol. The van der Waals surface area contributed by atoms with E-state index in [0.29, 0.717) is 0 Å². The number of hydrogen-bond donors (Lipinski definition) is 2. The number of carbonyl (C=O) groups is 2. The molecule has 0 aromatic heterocycles. The van der Waals surface area contributed by atoms with Crippen molar-refractivity contribution in [2.75, 3.05) is 7.11 Å². The molecular formula is C12H24N2O4. The summed E-state index contributed by atoms with van der Waals surface area (Å²) in [6.07, 6.45) is 3.14. The number of nitrogens with two attached hydrogens (primary N) is 2. The molecule has 0 bridgehead atoms. The molecule has 0 aromatic rings. The molecule has 4 N–H and O–H groups in total. The number of hydrogen-bond acceptors (Lipinski definition) is 6. The minimum Gasteiger partial charge on any atom is -0.468 e. The van der Waals surface area contributed by atoms with Gasteiger partial charge in [-0.2, -0.15) is 0 Å². The largest absolute Gasteiger partial charge is 0.468 e. The lowest BCUT2D eigenvalue weighted by Crippen LogP contribution is -2.27. The normalized spacial score (nSPS) is 12.3. The Kier molecular flexibility index (Phi) is 9.89. The molecule has 0 heterocycles. The molecular weight excluding hydrogens is 236 g/mol. The molecule has 0 radical (unpaired) electrons. The summed E-state index contributed by atoms with van der Waals surface area (Å²) in [4.78, 5) is 21.1. The Hall–Kier alpha value is -1.56. The first-order chi connectivity index (χ1) is 8.14. The molecule has 0 unspecified atom stereocenters. The summed E-state index contributed by atoms with van der Waals surface area (Å²) in [7, 11) is 1.31. The van der Waals surface area contributed by atoms with Crippen LogP contribution in [-0.2, 0) is 19.1 Å². The summed E-state index contributed by atoms with van der Waals surface area (Å²) >= 11 is 0. The Labute approximate surface area is 108 Å². The zero-order valence-electron chi connectivity index (χ0n) is 11.7. The Balaban J connectivity index is 0. The van der Waals surface area contributed by atoms with Gasteiger partial charge in [-0.3, -0.25) is 9.59 Å². The van der Waals surface area contributed by atoms with Crippen LogP contribution >= 0.6 is 0 Å². The fraction of sp³-hybridized carbons (Fsp3) is 0.667. The molecule has 0 aliphatic heterocycles. The number of methoxy groups -OCH3 is 1. The van der Waals surface area contributed by atoms with Gasteiger partial charge in [0, 0.05) is 0 Å². The maximum absolute atomic E-state index is 10.9. The Morgan fingerprint density at radius 1 is 1.33 bits per heavy atom. The van der Waals surface area contributed by atoms with E-state index in [1.165, 1.54) is 13.3 Å². The van der Waals surface area contributed by atoms with Gasteiger partial charge in [0.2, 0.25) is 0 Å². The van der Waals surface area contributed by atoms with Crippen molar-refractivity contribution >= 4 is 11.9 Å². The summed E-state index contributed by atoms with van der Waals surface area (Å²) < 4.78 is 9.24. The van der Waals surface area contributed by atoms with E-state index in [9.17, 15) is 9.59 Å². The van der Waals surface area contributed by atoms with Gasteiger partial charge in [0.15, 0.2) is 0 Å². The monoisotopic (exact) mass is 260 g/mol. The number of rotatable bonds is 3. The summed E-state index contributed by atoms with van der Waals surface area (Å²) in [6, 6.07) is -0.495. The molecule has 6 heteroatoms. The Morgan fingerprint density at radius 3 is 2.06 bits per heavy atom. The fourth-order valence-corrected chi connectivity index (χ4v) is 0.733. The van der Waals surface area contributed by atoms with Gasteiger partial charge in [0.25, 0.3) is 0 Å². The zero-order valence-corrected chi connectivity index (χ0v) is 11.7. The molecule has 0 aliphatic carbocycles. The fourth-order valence-electron chi connectivity index (χ4n) is 0.733. The summed E-state index contributed by atoms with van der Waals surface area (Å²) in [5, 5.41) is 0. The summed E-state index contributed by atoms with van der Waals surface area (Å²) in [5.41, 5.74) is 9.72.